The lowest BCUT2D eigenvalue weighted by Gasteiger charge is -2.42. The number of carboxylic acids is 1. The van der Waals surface area contributed by atoms with Crippen LogP contribution in [0.3, 0.4) is 0 Å². The van der Waals surface area contributed by atoms with E-state index >= 15 is 0 Å². The topological polar surface area (TPSA) is 75.6 Å². The van der Waals surface area contributed by atoms with E-state index in [9.17, 15) is 9.59 Å². The largest absolute Gasteiger partial charge is 0.478 e. The van der Waals surface area contributed by atoms with Crippen molar-refractivity contribution in [1.82, 2.24) is 5.32 Å². The van der Waals surface area contributed by atoms with E-state index in [0.717, 1.165) is 25.9 Å². The van der Waals surface area contributed by atoms with Gasteiger partial charge in [-0.1, -0.05) is 24.6 Å². The summed E-state index contributed by atoms with van der Waals surface area (Å²) in [6.07, 6.45) is 4.50. The van der Waals surface area contributed by atoms with Crippen molar-refractivity contribution in [2.75, 3.05) is 19.8 Å². The number of aromatic carboxylic acids is 1. The van der Waals surface area contributed by atoms with Gasteiger partial charge in [0.15, 0.2) is 0 Å². The summed E-state index contributed by atoms with van der Waals surface area (Å²) >= 11 is 0. The predicted molar refractivity (Wildman–Crippen MR) is 87.5 cm³/mol. The van der Waals surface area contributed by atoms with E-state index in [4.69, 9.17) is 9.84 Å². The van der Waals surface area contributed by atoms with Crippen LogP contribution in [-0.4, -0.2) is 36.7 Å². The molecule has 1 fully saturated rings. The molecule has 1 aliphatic carbocycles. The molecule has 0 bridgehead atoms. The fourth-order valence-corrected chi connectivity index (χ4v) is 3.03. The third-order valence-corrected chi connectivity index (χ3v) is 4.65. The number of rotatable bonds is 9. The highest BCUT2D eigenvalue weighted by Crippen LogP contribution is 2.43. The molecule has 0 saturated heterocycles. The summed E-state index contributed by atoms with van der Waals surface area (Å²) in [4.78, 5) is 23.3. The van der Waals surface area contributed by atoms with Crippen LogP contribution in [0, 0.1) is 5.41 Å². The minimum absolute atomic E-state index is 0.101. The fraction of sp³-hybridized carbons (Fsp3) is 0.556. The van der Waals surface area contributed by atoms with Crippen molar-refractivity contribution < 1.29 is 19.4 Å². The monoisotopic (exact) mass is 319 g/mol. The standard InChI is InChI=1S/C18H25NO4/c1-2-23-11-10-18(8-5-9-18)13-19-16(20)12-14-6-3-4-7-15(14)17(21)22/h3-4,6-7H,2,5,8-13H2,1H3,(H,19,20)(H,21,22). The number of benzene rings is 1. The summed E-state index contributed by atoms with van der Waals surface area (Å²) in [6.45, 7) is 4.08. The zero-order chi connectivity index (χ0) is 16.7. The molecule has 2 N–H and O–H groups in total. The van der Waals surface area contributed by atoms with Crippen LogP contribution in [-0.2, 0) is 16.0 Å². The van der Waals surface area contributed by atoms with Crippen LogP contribution in [0.4, 0.5) is 0 Å². The Kier molecular flexibility index (Phi) is 6.16. The van der Waals surface area contributed by atoms with Gasteiger partial charge in [0.2, 0.25) is 5.91 Å². The minimum Gasteiger partial charge on any atom is -0.478 e. The van der Waals surface area contributed by atoms with E-state index in [1.165, 1.54) is 12.5 Å². The Morgan fingerprint density at radius 3 is 2.65 bits per heavy atom. The number of carbonyl (C=O) groups excluding carboxylic acids is 1. The number of hydrogen-bond donors (Lipinski definition) is 2. The first-order chi connectivity index (χ1) is 11.1. The zero-order valence-corrected chi connectivity index (χ0v) is 13.6. The highest BCUT2D eigenvalue weighted by atomic mass is 16.5. The Labute approximate surface area is 137 Å². The van der Waals surface area contributed by atoms with Gasteiger partial charge in [-0.25, -0.2) is 4.79 Å². The van der Waals surface area contributed by atoms with Crippen LogP contribution in [0.2, 0.25) is 0 Å². The lowest BCUT2D eigenvalue weighted by atomic mass is 9.66. The molecule has 5 nitrogen and oxygen atoms in total. The van der Waals surface area contributed by atoms with Crippen LogP contribution < -0.4 is 5.32 Å². The molecule has 1 aliphatic rings. The third kappa shape index (κ3) is 4.79. The van der Waals surface area contributed by atoms with Crippen LogP contribution in [0.15, 0.2) is 24.3 Å². The van der Waals surface area contributed by atoms with E-state index < -0.39 is 5.97 Å². The molecular weight excluding hydrogens is 294 g/mol. The predicted octanol–water partition coefficient (Wildman–Crippen LogP) is 2.64. The van der Waals surface area contributed by atoms with Gasteiger partial charge >= 0.3 is 5.97 Å². The zero-order valence-electron chi connectivity index (χ0n) is 13.6. The second kappa shape index (κ2) is 8.11. The maximum atomic E-state index is 12.2. The molecule has 0 aromatic heterocycles. The van der Waals surface area contributed by atoms with Crippen LogP contribution >= 0.6 is 0 Å². The Balaban J connectivity index is 1.86. The molecule has 0 aliphatic heterocycles. The Morgan fingerprint density at radius 1 is 1.30 bits per heavy atom. The molecule has 23 heavy (non-hydrogen) atoms. The molecule has 1 saturated carbocycles. The molecule has 0 heterocycles. The first-order valence-corrected chi connectivity index (χ1v) is 8.22. The van der Waals surface area contributed by atoms with Crippen molar-refractivity contribution in [2.24, 2.45) is 5.41 Å². The molecule has 1 aromatic rings. The summed E-state index contributed by atoms with van der Waals surface area (Å²) in [7, 11) is 0. The quantitative estimate of drug-likeness (QED) is 0.686. The summed E-state index contributed by atoms with van der Waals surface area (Å²) in [5.74, 6) is -1.12. The molecule has 1 amide bonds. The SMILES string of the molecule is CCOCCC1(CNC(=O)Cc2ccccc2C(=O)O)CCC1. The number of carbonyl (C=O) groups is 2. The van der Waals surface area contributed by atoms with Gasteiger partial charge in [0.05, 0.1) is 12.0 Å². The fourth-order valence-electron chi connectivity index (χ4n) is 3.03. The van der Waals surface area contributed by atoms with Gasteiger partial charge in [-0.05, 0) is 43.2 Å². The van der Waals surface area contributed by atoms with Gasteiger partial charge in [-0.15, -0.1) is 0 Å². The molecule has 0 atom stereocenters. The summed E-state index contributed by atoms with van der Waals surface area (Å²) in [5, 5.41) is 12.1. The third-order valence-electron chi connectivity index (χ3n) is 4.65. The molecular formula is C18H25NO4. The Hall–Kier alpha value is -1.88. The minimum atomic E-state index is -0.999. The number of carboxylic acid groups (broad SMARTS) is 1. The van der Waals surface area contributed by atoms with E-state index in [2.05, 4.69) is 5.32 Å². The normalized spacial score (nSPS) is 15.7. The van der Waals surface area contributed by atoms with Gasteiger partial charge in [-0.3, -0.25) is 4.79 Å². The van der Waals surface area contributed by atoms with Gasteiger partial charge in [0.1, 0.15) is 0 Å². The van der Waals surface area contributed by atoms with Gasteiger partial charge in [-0.2, -0.15) is 0 Å². The van der Waals surface area contributed by atoms with Crippen LogP contribution in [0.25, 0.3) is 0 Å². The van der Waals surface area contributed by atoms with Gasteiger partial charge in [0, 0.05) is 19.8 Å². The Bertz CT molecular complexity index is 552. The van der Waals surface area contributed by atoms with E-state index in [1.807, 2.05) is 6.92 Å². The lowest BCUT2D eigenvalue weighted by molar-refractivity contribution is -0.121. The smallest absolute Gasteiger partial charge is 0.335 e. The average molecular weight is 319 g/mol. The van der Waals surface area contributed by atoms with Gasteiger partial charge < -0.3 is 15.2 Å². The number of hydrogen-bond acceptors (Lipinski definition) is 3. The molecule has 5 heteroatoms. The van der Waals surface area contributed by atoms with Crippen molar-refractivity contribution >= 4 is 11.9 Å². The van der Waals surface area contributed by atoms with Gasteiger partial charge in [0.25, 0.3) is 0 Å². The van der Waals surface area contributed by atoms with Crippen molar-refractivity contribution in [1.29, 1.82) is 0 Å². The first kappa shape index (κ1) is 17.5. The van der Waals surface area contributed by atoms with Crippen molar-refractivity contribution in [2.45, 2.75) is 39.0 Å². The lowest BCUT2D eigenvalue weighted by Crippen LogP contribution is -2.43. The van der Waals surface area contributed by atoms with E-state index in [0.29, 0.717) is 18.7 Å². The van der Waals surface area contributed by atoms with E-state index in [1.54, 1.807) is 18.2 Å². The highest BCUT2D eigenvalue weighted by Gasteiger charge is 2.36. The number of ether oxygens (including phenoxy) is 1. The average Bonchev–Trinajstić information content (AvgIpc) is 2.49. The molecule has 2 rings (SSSR count). The summed E-state index contributed by atoms with van der Waals surface area (Å²) in [5.41, 5.74) is 0.906. The second-order valence-corrected chi connectivity index (χ2v) is 6.22. The molecule has 0 radical (unpaired) electrons. The van der Waals surface area contributed by atoms with Crippen LogP contribution in [0.5, 0.6) is 0 Å². The van der Waals surface area contributed by atoms with E-state index in [-0.39, 0.29) is 23.3 Å². The Morgan fingerprint density at radius 2 is 2.04 bits per heavy atom. The summed E-state index contributed by atoms with van der Waals surface area (Å²) < 4.78 is 5.43. The molecule has 0 unspecified atom stereocenters. The molecule has 0 spiro atoms. The number of nitrogens with one attached hydrogen (secondary N) is 1. The van der Waals surface area contributed by atoms with Crippen molar-refractivity contribution in [3.8, 4) is 0 Å². The van der Waals surface area contributed by atoms with Crippen LogP contribution in [0.1, 0.15) is 48.5 Å². The second-order valence-electron chi connectivity index (χ2n) is 6.22. The molecule has 126 valence electrons. The van der Waals surface area contributed by atoms with Crippen molar-refractivity contribution in [3.05, 3.63) is 35.4 Å². The maximum absolute atomic E-state index is 12.2. The van der Waals surface area contributed by atoms with Crippen molar-refractivity contribution in [3.63, 3.8) is 0 Å². The number of amides is 1. The summed E-state index contributed by atoms with van der Waals surface area (Å²) in [6, 6.07) is 6.64. The molecule has 1 aromatic carbocycles. The maximum Gasteiger partial charge on any atom is 0.335 e. The highest BCUT2D eigenvalue weighted by molar-refractivity contribution is 5.91. The first-order valence-electron chi connectivity index (χ1n) is 8.22.